The molecule has 17 heavy (non-hydrogen) atoms. The van der Waals surface area contributed by atoms with Gasteiger partial charge in [0.05, 0.1) is 16.6 Å². The van der Waals surface area contributed by atoms with Crippen molar-refractivity contribution in [3.05, 3.63) is 45.9 Å². The number of nitrogens with one attached hydrogen (secondary N) is 1. The summed E-state index contributed by atoms with van der Waals surface area (Å²) in [6, 6.07) is 3.96. The van der Waals surface area contributed by atoms with Gasteiger partial charge in [0.1, 0.15) is 0 Å². The fourth-order valence-corrected chi connectivity index (χ4v) is 2.66. The molecule has 2 aromatic heterocycles. The van der Waals surface area contributed by atoms with Crippen LogP contribution in [0.25, 0.3) is 0 Å². The molecule has 0 bridgehead atoms. The maximum absolute atomic E-state index is 5.92. The Kier molecular flexibility index (Phi) is 3.86. The summed E-state index contributed by atoms with van der Waals surface area (Å²) in [5, 5.41) is 3.22. The van der Waals surface area contributed by atoms with Crippen molar-refractivity contribution in [1.29, 1.82) is 0 Å². The molecule has 90 valence electrons. The Bertz CT molecular complexity index is 516. The lowest BCUT2D eigenvalue weighted by molar-refractivity contribution is 0.814. The first kappa shape index (κ1) is 12.2. The number of anilines is 1. The summed E-state index contributed by atoms with van der Waals surface area (Å²) in [5.41, 5.74) is 0.999. The zero-order valence-electron chi connectivity index (χ0n) is 9.61. The van der Waals surface area contributed by atoms with E-state index in [2.05, 4.69) is 21.4 Å². The lowest BCUT2D eigenvalue weighted by Crippen LogP contribution is -2.07. The average Bonchev–Trinajstić information content (AvgIpc) is 2.83. The van der Waals surface area contributed by atoms with Crippen LogP contribution >= 0.6 is 22.9 Å². The quantitative estimate of drug-likeness (QED) is 0.840. The molecule has 0 saturated heterocycles. The number of rotatable bonds is 5. The zero-order valence-corrected chi connectivity index (χ0v) is 11.2. The third kappa shape index (κ3) is 3.11. The Hall–Kier alpha value is -1.26. The number of imidazole rings is 1. The molecular formula is C12H14ClN3S. The number of halogens is 1. The third-order valence-electron chi connectivity index (χ3n) is 2.26. The highest BCUT2D eigenvalue weighted by molar-refractivity contribution is 7.16. The van der Waals surface area contributed by atoms with Gasteiger partial charge in [0.15, 0.2) is 0 Å². The first-order valence-corrected chi connectivity index (χ1v) is 6.51. The molecule has 5 heteroatoms. The maximum atomic E-state index is 5.92. The molecule has 0 fully saturated rings. The van der Waals surface area contributed by atoms with Crippen LogP contribution in [0.1, 0.15) is 10.6 Å². The minimum absolute atomic E-state index is 0.710. The van der Waals surface area contributed by atoms with Crippen LogP contribution in [0.5, 0.6) is 0 Å². The average molecular weight is 268 g/mol. The van der Waals surface area contributed by atoms with Crippen molar-refractivity contribution in [3.8, 4) is 0 Å². The zero-order chi connectivity index (χ0) is 12.3. The highest BCUT2D eigenvalue weighted by Gasteiger charge is 2.06. The highest BCUT2D eigenvalue weighted by atomic mass is 35.5. The Balaban J connectivity index is 2.16. The summed E-state index contributed by atoms with van der Waals surface area (Å²) in [6.07, 6.45) is 3.84. The van der Waals surface area contributed by atoms with Crippen molar-refractivity contribution in [2.75, 3.05) is 11.9 Å². The van der Waals surface area contributed by atoms with Crippen LogP contribution in [0.3, 0.4) is 0 Å². The van der Waals surface area contributed by atoms with E-state index in [0.29, 0.717) is 6.54 Å². The summed E-state index contributed by atoms with van der Waals surface area (Å²) in [7, 11) is 0. The van der Waals surface area contributed by atoms with Crippen LogP contribution in [-0.4, -0.2) is 16.1 Å². The molecule has 0 unspecified atom stereocenters. The molecule has 0 amide bonds. The molecule has 1 N–H and O–H groups in total. The summed E-state index contributed by atoms with van der Waals surface area (Å²) < 4.78 is 2.90. The molecule has 0 aliphatic heterocycles. The second-order valence-electron chi connectivity index (χ2n) is 3.71. The topological polar surface area (TPSA) is 29.9 Å². The van der Waals surface area contributed by atoms with Crippen LogP contribution in [-0.2, 0) is 6.54 Å². The lowest BCUT2D eigenvalue weighted by Gasteiger charge is -2.06. The molecule has 0 atom stereocenters. The molecule has 3 nitrogen and oxygen atoms in total. The van der Waals surface area contributed by atoms with Crippen LogP contribution in [0.2, 0.25) is 4.34 Å². The molecule has 2 aromatic rings. The first-order valence-electron chi connectivity index (χ1n) is 5.32. The van der Waals surface area contributed by atoms with Gasteiger partial charge in [-0.3, -0.25) is 0 Å². The van der Waals surface area contributed by atoms with E-state index in [1.54, 1.807) is 11.3 Å². The number of aryl methyl sites for hydroxylation is 1. The van der Waals surface area contributed by atoms with E-state index >= 15 is 0 Å². The van der Waals surface area contributed by atoms with Crippen LogP contribution in [0.15, 0.2) is 31.0 Å². The lowest BCUT2D eigenvalue weighted by atomic mass is 10.4. The van der Waals surface area contributed by atoms with E-state index in [4.69, 9.17) is 11.6 Å². The second-order valence-corrected chi connectivity index (χ2v) is 5.51. The van der Waals surface area contributed by atoms with Gasteiger partial charge < -0.3 is 9.88 Å². The molecule has 0 radical (unpaired) electrons. The van der Waals surface area contributed by atoms with Crippen molar-refractivity contribution in [2.24, 2.45) is 0 Å². The number of hydrogen-bond donors (Lipinski definition) is 1. The van der Waals surface area contributed by atoms with E-state index in [1.165, 1.54) is 4.88 Å². The van der Waals surface area contributed by atoms with Crippen molar-refractivity contribution < 1.29 is 0 Å². The number of hydrogen-bond acceptors (Lipinski definition) is 3. The maximum Gasteiger partial charge on any atom is 0.203 e. The van der Waals surface area contributed by atoms with Crippen molar-refractivity contribution in [1.82, 2.24) is 9.55 Å². The van der Waals surface area contributed by atoms with Crippen molar-refractivity contribution in [3.63, 3.8) is 0 Å². The Morgan fingerprint density at radius 3 is 3.06 bits per heavy atom. The highest BCUT2D eigenvalue weighted by Crippen LogP contribution is 2.23. The predicted molar refractivity (Wildman–Crippen MR) is 74.1 cm³/mol. The molecule has 0 saturated carbocycles. The molecule has 0 spiro atoms. The Morgan fingerprint density at radius 2 is 2.41 bits per heavy atom. The van der Waals surface area contributed by atoms with Crippen molar-refractivity contribution >= 4 is 28.9 Å². The summed E-state index contributed by atoms with van der Waals surface area (Å²) in [4.78, 5) is 5.64. The summed E-state index contributed by atoms with van der Waals surface area (Å²) in [5.74, 6) is 0.868. The first-order chi connectivity index (χ1) is 8.19. The molecule has 0 aliphatic rings. The standard InChI is InChI=1S/C12H14ClN3S/c1-3-6-14-12-15-9(2)7-16(12)8-10-4-5-11(13)17-10/h3-5,7H,1,6,8H2,2H3,(H,14,15). The molecular weight excluding hydrogens is 254 g/mol. The predicted octanol–water partition coefficient (Wildman–Crippen LogP) is 3.55. The van der Waals surface area contributed by atoms with Gasteiger partial charge in [-0.2, -0.15) is 0 Å². The van der Waals surface area contributed by atoms with Crippen LogP contribution < -0.4 is 5.32 Å². The van der Waals surface area contributed by atoms with Gasteiger partial charge in [0.25, 0.3) is 0 Å². The van der Waals surface area contributed by atoms with Gasteiger partial charge in [-0.1, -0.05) is 17.7 Å². The van der Waals surface area contributed by atoms with E-state index in [0.717, 1.165) is 22.5 Å². The SMILES string of the molecule is C=CCNc1nc(C)cn1Cc1ccc(Cl)s1. The van der Waals surface area contributed by atoms with Crippen LogP contribution in [0.4, 0.5) is 5.95 Å². The van der Waals surface area contributed by atoms with Gasteiger partial charge in [-0.25, -0.2) is 4.98 Å². The van der Waals surface area contributed by atoms with Crippen LogP contribution in [0, 0.1) is 6.92 Å². The van der Waals surface area contributed by atoms with E-state index in [1.807, 2.05) is 31.3 Å². The van der Waals surface area contributed by atoms with E-state index < -0.39 is 0 Å². The minimum Gasteiger partial charge on any atom is -0.352 e. The minimum atomic E-state index is 0.710. The van der Waals surface area contributed by atoms with Gasteiger partial charge in [0.2, 0.25) is 5.95 Å². The molecule has 0 aliphatic carbocycles. The summed E-state index contributed by atoms with van der Waals surface area (Å²) >= 11 is 7.51. The molecule has 2 rings (SSSR count). The smallest absolute Gasteiger partial charge is 0.203 e. The van der Waals surface area contributed by atoms with E-state index in [9.17, 15) is 0 Å². The fourth-order valence-electron chi connectivity index (χ4n) is 1.58. The Morgan fingerprint density at radius 1 is 1.59 bits per heavy atom. The van der Waals surface area contributed by atoms with Gasteiger partial charge in [-0.15, -0.1) is 17.9 Å². The molecule has 0 aromatic carbocycles. The van der Waals surface area contributed by atoms with Gasteiger partial charge in [0, 0.05) is 17.6 Å². The second kappa shape index (κ2) is 5.38. The fraction of sp³-hybridized carbons (Fsp3) is 0.250. The van der Waals surface area contributed by atoms with E-state index in [-0.39, 0.29) is 0 Å². The largest absolute Gasteiger partial charge is 0.352 e. The van der Waals surface area contributed by atoms with Crippen molar-refractivity contribution in [2.45, 2.75) is 13.5 Å². The number of nitrogens with zero attached hydrogens (tertiary/aromatic N) is 2. The third-order valence-corrected chi connectivity index (χ3v) is 3.47. The van der Waals surface area contributed by atoms with Gasteiger partial charge >= 0.3 is 0 Å². The van der Waals surface area contributed by atoms with Gasteiger partial charge in [-0.05, 0) is 19.1 Å². The Labute approximate surface area is 110 Å². The monoisotopic (exact) mass is 267 g/mol. The number of thiophene rings is 1. The molecule has 2 heterocycles. The summed E-state index contributed by atoms with van der Waals surface area (Å²) in [6.45, 7) is 7.17. The normalized spacial score (nSPS) is 10.5. The number of aromatic nitrogens is 2.